The molecule has 25 heteroatoms. The van der Waals surface area contributed by atoms with E-state index in [1.165, 1.54) is 5.56 Å². The van der Waals surface area contributed by atoms with Gasteiger partial charge in [0.1, 0.15) is 58.4 Å². The molecule has 0 N–H and O–H groups in total. The molecule has 0 aliphatic carbocycles. The summed E-state index contributed by atoms with van der Waals surface area (Å²) in [6, 6.07) is 18.0. The van der Waals surface area contributed by atoms with Gasteiger partial charge in [-0.1, -0.05) is 46.3 Å². The van der Waals surface area contributed by atoms with Crippen molar-refractivity contribution in [1.29, 1.82) is 0 Å². The lowest BCUT2D eigenvalue weighted by Gasteiger charge is -2.44. The van der Waals surface area contributed by atoms with Crippen molar-refractivity contribution >= 4 is 43.9 Å². The van der Waals surface area contributed by atoms with Crippen molar-refractivity contribution in [2.45, 2.75) is 6.54 Å². The van der Waals surface area contributed by atoms with E-state index in [4.69, 9.17) is 4.74 Å². The molecule has 7 aromatic rings. The number of benzene rings is 6. The van der Waals surface area contributed by atoms with Gasteiger partial charge in [-0.2, -0.15) is 4.57 Å². The van der Waals surface area contributed by atoms with Gasteiger partial charge in [0.25, 0.3) is 5.88 Å². The highest BCUT2D eigenvalue weighted by Gasteiger charge is 2.52. The van der Waals surface area contributed by atoms with Crippen molar-refractivity contribution < 1.29 is 97.1 Å². The highest BCUT2D eigenvalue weighted by molar-refractivity contribution is 9.10. The molecule has 3 nitrogen and oxygen atoms in total. The Hall–Kier alpha value is -6.66. The fourth-order valence-corrected chi connectivity index (χ4v) is 7.12. The summed E-state index contributed by atoms with van der Waals surface area (Å²) in [5.41, 5.74) is -13.1. The number of aromatic nitrogens is 2. The smallest absolute Gasteiger partial charge is 0.285 e. The minimum atomic E-state index is -7.22. The van der Waals surface area contributed by atoms with E-state index < -0.39 is 144 Å². The van der Waals surface area contributed by atoms with Crippen LogP contribution in [-0.4, -0.2) is 11.1 Å². The van der Waals surface area contributed by atoms with Crippen LogP contribution >= 0.6 is 15.9 Å². The monoisotopic (exact) mass is 1020 g/mol. The van der Waals surface area contributed by atoms with E-state index in [2.05, 4.69) is 37.6 Å². The van der Waals surface area contributed by atoms with Crippen LogP contribution in [0.2, 0.25) is 0 Å². The summed E-state index contributed by atoms with van der Waals surface area (Å²) in [5.74, 6) is -70.1. The normalized spacial score (nSPS) is 11.5. The summed E-state index contributed by atoms with van der Waals surface area (Å²) in [4.78, 5) is 4.24. The number of hydrogen-bond donors (Lipinski definition) is 0. The lowest BCUT2D eigenvalue weighted by molar-refractivity contribution is -0.689. The van der Waals surface area contributed by atoms with Crippen LogP contribution < -0.4 is 31.2 Å². The van der Waals surface area contributed by atoms with Crippen LogP contribution in [0.3, 0.4) is 0 Å². The second-order valence-corrected chi connectivity index (χ2v) is 14.3. The summed E-state index contributed by atoms with van der Waals surface area (Å²) < 4.78 is 303. The maximum atomic E-state index is 15.4. The van der Waals surface area contributed by atoms with E-state index in [-0.39, 0.29) is 0 Å². The van der Waals surface area contributed by atoms with E-state index in [0.717, 1.165) is 16.8 Å². The van der Waals surface area contributed by atoms with E-state index in [9.17, 15) is 52.7 Å². The number of rotatable bonds is 8. The quantitative estimate of drug-likeness (QED) is 0.0499. The minimum Gasteiger partial charge on any atom is -0.434 e. The highest BCUT2D eigenvalue weighted by atomic mass is 79.9. The Balaban J connectivity index is 0.000000284. The Morgan fingerprint density at radius 3 is 1.03 bits per heavy atom. The van der Waals surface area contributed by atoms with Gasteiger partial charge in [-0.3, -0.25) is 0 Å². The molecule has 0 aliphatic rings. The Morgan fingerprint density at radius 2 is 0.712 bits per heavy atom. The van der Waals surface area contributed by atoms with Gasteiger partial charge in [-0.15, -0.1) is 21.9 Å². The van der Waals surface area contributed by atoms with Crippen LogP contribution in [0.5, 0.6) is 11.6 Å². The molecule has 344 valence electrons. The van der Waals surface area contributed by atoms with Crippen LogP contribution in [-0.2, 0) is 6.54 Å². The molecule has 6 aromatic carbocycles. The Labute approximate surface area is 363 Å². The topological polar surface area (TPSA) is 26.0 Å². The molecule has 0 atom stereocenters. The average molecular weight is 1020 g/mol. The summed E-state index contributed by atoms with van der Waals surface area (Å²) in [6.07, 6.45) is -1.64. The first kappa shape index (κ1) is 48.8. The van der Waals surface area contributed by atoms with Gasteiger partial charge >= 0.3 is 0 Å². The molecule has 66 heavy (non-hydrogen) atoms. The Bertz CT molecular complexity index is 2670. The Kier molecular flexibility index (Phi) is 13.8. The molecule has 0 aliphatic heterocycles. The van der Waals surface area contributed by atoms with Crippen LogP contribution in [0.4, 0.5) is 87.8 Å². The molecule has 0 fully saturated rings. The lowest BCUT2D eigenvalue weighted by Crippen LogP contribution is -2.81. The zero-order valence-electron chi connectivity index (χ0n) is 31.5. The molecule has 0 amide bonds. The Morgan fingerprint density at radius 1 is 0.409 bits per heavy atom. The van der Waals surface area contributed by atoms with Crippen molar-refractivity contribution in [2.24, 2.45) is 0 Å². The number of hydrogen-bond acceptors (Lipinski definition) is 2. The molecule has 1 heterocycles. The first-order valence-electron chi connectivity index (χ1n) is 17.6. The summed E-state index contributed by atoms with van der Waals surface area (Å²) in [6.45, 7) is 0.792. The van der Waals surface area contributed by atoms with E-state index in [0.29, 0.717) is 5.88 Å². The molecule has 0 spiro atoms. The molecular formula is C41H14BBrF20N2O. The van der Waals surface area contributed by atoms with Gasteiger partial charge in [-0.05, 0) is 24.3 Å². The number of ether oxygens (including phenoxy) is 1. The molecule has 0 radical (unpaired) electrons. The lowest BCUT2D eigenvalue weighted by atomic mass is 9.12. The highest BCUT2D eigenvalue weighted by Crippen LogP contribution is 2.31. The fraction of sp³-hybridized carbons (Fsp3) is 0.0244. The van der Waals surface area contributed by atoms with Gasteiger partial charge < -0.3 is 4.74 Å². The molecule has 0 unspecified atom stereocenters. The second kappa shape index (κ2) is 18.7. The van der Waals surface area contributed by atoms with Gasteiger partial charge in [0.2, 0.25) is 6.20 Å². The third-order valence-electron chi connectivity index (χ3n) is 9.69. The predicted molar refractivity (Wildman–Crippen MR) is 193 cm³/mol. The fourth-order valence-electron chi connectivity index (χ4n) is 6.85. The molecular weight excluding hydrogens is 1010 g/mol. The summed E-state index contributed by atoms with van der Waals surface area (Å²) in [5, 5.41) is 0. The van der Waals surface area contributed by atoms with Crippen LogP contribution in [0.15, 0.2) is 77.7 Å². The number of halogens is 21. The maximum Gasteiger partial charge on any atom is 0.285 e. The third kappa shape index (κ3) is 8.16. The van der Waals surface area contributed by atoms with Crippen LogP contribution in [0, 0.1) is 116 Å². The maximum absolute atomic E-state index is 15.4. The van der Waals surface area contributed by atoms with Crippen LogP contribution in [0.25, 0.3) is 0 Å². The largest absolute Gasteiger partial charge is 0.434 e. The third-order valence-corrected chi connectivity index (χ3v) is 10.2. The SMILES string of the molecule is Brc1ccc(Oc2c[n+](Cc3ccccc3)ccn2)cc1.Fc1c(F)c(F)c([B-](c2c(F)c(F)c(F)c(F)c2F)(c2c(F)c(F)c(F)c(F)c2F)c2c(F)c(F)c(F)c(F)c2F)c(F)c1F. The van der Waals surface area contributed by atoms with Crippen molar-refractivity contribution in [3.05, 3.63) is 200 Å². The molecule has 0 bridgehead atoms. The number of nitrogens with zero attached hydrogens (tertiary/aromatic N) is 2. The zero-order chi connectivity index (χ0) is 48.8. The van der Waals surface area contributed by atoms with E-state index in [1.54, 1.807) is 6.20 Å². The summed E-state index contributed by atoms with van der Waals surface area (Å²) >= 11 is 3.40. The minimum absolute atomic E-state index is 0.579. The molecule has 7 rings (SSSR count). The van der Waals surface area contributed by atoms with E-state index in [1.807, 2.05) is 54.9 Å². The molecule has 0 saturated carbocycles. The summed E-state index contributed by atoms with van der Waals surface area (Å²) in [7, 11) is 0. The van der Waals surface area contributed by atoms with Crippen molar-refractivity contribution in [3.63, 3.8) is 0 Å². The zero-order valence-corrected chi connectivity index (χ0v) is 33.0. The standard InChI is InChI=1S/C24BF20.C17H14BrN2O/c26-5-1(6(27)14(35)21(42)13(5)34)25(2-7(28)15(36)22(43)16(37)8(2)29,3-9(30)17(38)23(44)18(39)10(3)31)4-11(32)19(40)24(45)20(41)12(4)33;18-15-6-8-16(9-7-15)21-17-13-20(11-10-19-17)12-14-4-2-1-3-5-14/h;1-11,13H,12H2/q-1;+1. The predicted octanol–water partition coefficient (Wildman–Crippen LogP) is 9.82. The van der Waals surface area contributed by atoms with E-state index >= 15 is 35.1 Å². The first-order chi connectivity index (χ1) is 31.0. The first-order valence-corrected chi connectivity index (χ1v) is 18.3. The average Bonchev–Trinajstić information content (AvgIpc) is 3.30. The van der Waals surface area contributed by atoms with Crippen molar-refractivity contribution in [3.8, 4) is 11.6 Å². The van der Waals surface area contributed by atoms with Crippen molar-refractivity contribution in [1.82, 2.24) is 4.98 Å². The molecule has 1 aromatic heterocycles. The second-order valence-electron chi connectivity index (χ2n) is 13.4. The van der Waals surface area contributed by atoms with Gasteiger partial charge in [-0.25, -0.2) is 92.8 Å². The molecule has 0 saturated heterocycles. The van der Waals surface area contributed by atoms with Crippen molar-refractivity contribution in [2.75, 3.05) is 0 Å². The van der Waals surface area contributed by atoms with Gasteiger partial charge in [0.05, 0.1) is 6.20 Å². The van der Waals surface area contributed by atoms with Gasteiger partial charge in [0.15, 0.2) is 82.5 Å². The van der Waals surface area contributed by atoms with Gasteiger partial charge in [0, 0.05) is 10.0 Å². The van der Waals surface area contributed by atoms with Crippen LogP contribution in [0.1, 0.15) is 5.56 Å².